The van der Waals surface area contributed by atoms with Gasteiger partial charge in [0, 0.05) is 57.5 Å². The summed E-state index contributed by atoms with van der Waals surface area (Å²) >= 11 is 0. The molecule has 18 nitrogen and oxygen atoms in total. The Morgan fingerprint density at radius 2 is 1.58 bits per heavy atom. The third kappa shape index (κ3) is 9.93. The number of amides is 5. The lowest BCUT2D eigenvalue weighted by atomic mass is 10.0. The Balaban J connectivity index is 1.13. The molecule has 0 bridgehead atoms. The number of nitrogens with one attached hydrogen (secondary N) is 4. The topological polar surface area (TPSA) is 222 Å². The molecular weight excluding hydrogens is 795 g/mol. The molecule has 0 radical (unpaired) electrons. The lowest BCUT2D eigenvalue weighted by molar-refractivity contribution is -0.141. The highest BCUT2D eigenvalue weighted by Gasteiger charge is 2.61. The van der Waals surface area contributed by atoms with Crippen LogP contribution in [-0.2, 0) is 33.9 Å². The second-order valence-electron chi connectivity index (χ2n) is 16.2. The van der Waals surface area contributed by atoms with Crippen LogP contribution >= 0.6 is 0 Å². The number of sulfonamides is 1. The quantitative estimate of drug-likeness (QED) is 0.318. The van der Waals surface area contributed by atoms with Crippen molar-refractivity contribution in [1.82, 2.24) is 35.1 Å². The third-order valence-electron chi connectivity index (χ3n) is 12.1. The molecule has 2 aliphatic carbocycles. The third-order valence-corrected chi connectivity index (χ3v) is 13.5. The first-order valence-electron chi connectivity index (χ1n) is 21.1. The number of anilines is 2. The summed E-state index contributed by atoms with van der Waals surface area (Å²) in [6.45, 7) is 5.73. The molecule has 5 amide bonds. The SMILES string of the molecule is C=C[C@@H]1C[C@@]12NC(=O)[C@@H]1C[C@@H](OC(=O)N3CCN(c4ncccn4)CC3)CN1C(=O)[C@@H](NC(=O)OC1CCCC1)CCCCCCCNc1ccccc1S(=O)(=O)NC2=O. The van der Waals surface area contributed by atoms with E-state index in [9.17, 15) is 32.4 Å². The van der Waals surface area contributed by atoms with E-state index < -0.39 is 69.6 Å². The number of piperazine rings is 1. The second kappa shape index (κ2) is 18.9. The summed E-state index contributed by atoms with van der Waals surface area (Å²) in [7, 11) is -4.40. The number of ether oxygens (including phenoxy) is 2. The Kier molecular flexibility index (Phi) is 13.4. The number of alkyl carbamates (subject to hydrolysis) is 1. The van der Waals surface area contributed by atoms with Gasteiger partial charge < -0.3 is 40.1 Å². The summed E-state index contributed by atoms with van der Waals surface area (Å²) in [5, 5.41) is 8.75. The number of carbonyl (C=O) groups is 5. The van der Waals surface area contributed by atoms with E-state index in [1.807, 2.05) is 4.90 Å². The van der Waals surface area contributed by atoms with Gasteiger partial charge in [0.15, 0.2) is 0 Å². The number of hydrogen-bond acceptors (Lipinski definition) is 13. The maximum absolute atomic E-state index is 14.6. The molecule has 0 unspecified atom stereocenters. The first-order chi connectivity index (χ1) is 29.0. The van der Waals surface area contributed by atoms with Crippen molar-refractivity contribution in [3.63, 3.8) is 0 Å². The minimum atomic E-state index is -4.40. The standard InChI is InChI=1S/C41H55N9O9S/c1-2-28-26-41(28)37(53)47-60(56,57)34-17-10-9-15-31(34)42-18-11-5-3-4-6-16-32(45-39(54)58-29-13-7-8-14-29)36(52)50-27-30(25-33(50)35(51)46-41)59-40(55)49-23-21-48(22-24-49)38-43-19-12-20-44-38/h2,9-10,12,15,17,19-20,28-30,32-33,42H,1,3-8,11,13-14,16,18,21-27H2,(H,45,54)(H,46,51)(H,47,53)/t28-,30-,32+,33+,41-/m1/s1. The molecule has 1 spiro atoms. The van der Waals surface area contributed by atoms with Crippen LogP contribution in [0.4, 0.5) is 21.2 Å². The van der Waals surface area contributed by atoms with Gasteiger partial charge in [0.2, 0.25) is 17.8 Å². The monoisotopic (exact) mass is 849 g/mol. The van der Waals surface area contributed by atoms with Crippen molar-refractivity contribution in [2.75, 3.05) is 49.5 Å². The smallest absolute Gasteiger partial charge is 0.410 e. The molecule has 3 aliphatic heterocycles. The molecule has 2 saturated heterocycles. The zero-order chi connectivity index (χ0) is 42.3. The number of para-hydroxylation sites is 1. The number of nitrogens with zero attached hydrogens (tertiary/aromatic N) is 5. The van der Waals surface area contributed by atoms with Gasteiger partial charge in [-0.1, -0.05) is 43.9 Å². The Labute approximate surface area is 350 Å². The molecule has 60 heavy (non-hydrogen) atoms. The predicted molar refractivity (Wildman–Crippen MR) is 219 cm³/mol. The van der Waals surface area contributed by atoms with Crippen LogP contribution < -0.4 is 25.6 Å². The first kappa shape index (κ1) is 42.7. The average Bonchev–Trinajstić information content (AvgIpc) is 3.49. The van der Waals surface area contributed by atoms with Crippen molar-refractivity contribution < 1.29 is 41.9 Å². The van der Waals surface area contributed by atoms with E-state index in [1.54, 1.807) is 41.6 Å². The molecule has 2 aromatic rings. The highest BCUT2D eigenvalue weighted by molar-refractivity contribution is 7.90. The Hall–Kier alpha value is -5.46. The van der Waals surface area contributed by atoms with E-state index in [4.69, 9.17) is 9.47 Å². The van der Waals surface area contributed by atoms with E-state index in [-0.39, 0.29) is 36.8 Å². The summed E-state index contributed by atoms with van der Waals surface area (Å²) in [6, 6.07) is 5.74. The van der Waals surface area contributed by atoms with Gasteiger partial charge in [-0.2, -0.15) is 0 Å². The van der Waals surface area contributed by atoms with Gasteiger partial charge >= 0.3 is 12.2 Å². The van der Waals surface area contributed by atoms with Crippen LogP contribution in [0, 0.1) is 5.92 Å². The highest BCUT2D eigenvalue weighted by Crippen LogP contribution is 2.45. The molecular formula is C41H55N9O9S. The molecule has 5 aliphatic rings. The molecule has 324 valence electrons. The Bertz CT molecular complexity index is 2010. The number of rotatable bonds is 5. The number of benzene rings is 1. The van der Waals surface area contributed by atoms with E-state index >= 15 is 0 Å². The fraction of sp³-hybridized carbons (Fsp3) is 0.585. The van der Waals surface area contributed by atoms with Gasteiger partial charge in [0.25, 0.3) is 15.9 Å². The van der Waals surface area contributed by atoms with Gasteiger partial charge in [-0.05, 0) is 63.1 Å². The van der Waals surface area contributed by atoms with Crippen LogP contribution in [0.15, 0.2) is 60.3 Å². The molecule has 1 aromatic heterocycles. The molecule has 19 heteroatoms. The van der Waals surface area contributed by atoms with Gasteiger partial charge in [-0.3, -0.25) is 14.4 Å². The molecule has 4 fully saturated rings. The molecule has 4 N–H and O–H groups in total. The molecule has 5 atom stereocenters. The van der Waals surface area contributed by atoms with Gasteiger partial charge in [-0.15, -0.1) is 6.58 Å². The van der Waals surface area contributed by atoms with Crippen LogP contribution in [0.2, 0.25) is 0 Å². The Morgan fingerprint density at radius 3 is 2.32 bits per heavy atom. The zero-order valence-corrected chi connectivity index (χ0v) is 34.6. The van der Waals surface area contributed by atoms with E-state index in [0.29, 0.717) is 50.8 Å². The lowest BCUT2D eigenvalue weighted by Crippen LogP contribution is -2.58. The van der Waals surface area contributed by atoms with Crippen molar-refractivity contribution in [3.05, 3.63) is 55.4 Å². The number of fused-ring (bicyclic) bond motifs is 2. The summed E-state index contributed by atoms with van der Waals surface area (Å²) in [5.41, 5.74) is -1.34. The van der Waals surface area contributed by atoms with Crippen molar-refractivity contribution >= 4 is 51.6 Å². The van der Waals surface area contributed by atoms with Crippen molar-refractivity contribution in [2.45, 2.75) is 112 Å². The molecule has 2 saturated carbocycles. The van der Waals surface area contributed by atoms with Crippen molar-refractivity contribution in [1.29, 1.82) is 0 Å². The largest absolute Gasteiger partial charge is 0.446 e. The average molecular weight is 850 g/mol. The fourth-order valence-corrected chi connectivity index (χ4v) is 9.83. The van der Waals surface area contributed by atoms with Gasteiger partial charge in [0.1, 0.15) is 34.7 Å². The van der Waals surface area contributed by atoms with Gasteiger partial charge in [0.05, 0.1) is 12.2 Å². The van der Waals surface area contributed by atoms with Crippen LogP contribution in [-0.4, -0.2) is 127 Å². The maximum Gasteiger partial charge on any atom is 0.410 e. The number of carbonyl (C=O) groups excluding carboxylic acids is 5. The second-order valence-corrected chi connectivity index (χ2v) is 17.9. The number of hydrogen-bond donors (Lipinski definition) is 4. The van der Waals surface area contributed by atoms with Crippen LogP contribution in [0.1, 0.15) is 77.0 Å². The predicted octanol–water partition coefficient (Wildman–Crippen LogP) is 3.07. The van der Waals surface area contributed by atoms with Crippen LogP contribution in [0.3, 0.4) is 0 Å². The van der Waals surface area contributed by atoms with E-state index in [1.165, 1.54) is 17.0 Å². The summed E-state index contributed by atoms with van der Waals surface area (Å²) in [6.07, 6.45) is 9.61. The number of aromatic nitrogens is 2. The van der Waals surface area contributed by atoms with Crippen molar-refractivity contribution in [2.24, 2.45) is 5.92 Å². The fourth-order valence-electron chi connectivity index (χ4n) is 8.61. The normalized spacial score (nSPS) is 28.0. The Morgan fingerprint density at radius 1 is 0.883 bits per heavy atom. The first-order valence-corrected chi connectivity index (χ1v) is 22.6. The maximum atomic E-state index is 14.6. The molecule has 4 heterocycles. The summed E-state index contributed by atoms with van der Waals surface area (Å²) in [4.78, 5) is 83.1. The van der Waals surface area contributed by atoms with E-state index in [0.717, 1.165) is 51.4 Å². The molecule has 7 rings (SSSR count). The summed E-state index contributed by atoms with van der Waals surface area (Å²) < 4.78 is 41.3. The van der Waals surface area contributed by atoms with Crippen molar-refractivity contribution in [3.8, 4) is 0 Å². The zero-order valence-electron chi connectivity index (χ0n) is 33.8. The van der Waals surface area contributed by atoms with Gasteiger partial charge in [-0.25, -0.2) is 32.7 Å². The summed E-state index contributed by atoms with van der Waals surface area (Å²) in [5.74, 6) is -2.29. The van der Waals surface area contributed by atoms with Crippen LogP contribution in [0.25, 0.3) is 0 Å². The highest BCUT2D eigenvalue weighted by atomic mass is 32.2. The lowest BCUT2D eigenvalue weighted by Gasteiger charge is -2.34. The minimum Gasteiger partial charge on any atom is -0.446 e. The molecule has 1 aromatic carbocycles. The van der Waals surface area contributed by atoms with Crippen LogP contribution in [0.5, 0.6) is 0 Å². The van der Waals surface area contributed by atoms with E-state index in [2.05, 4.69) is 37.2 Å². The minimum absolute atomic E-state index is 0.0692.